The number of hydrogen-bond acceptors (Lipinski definition) is 6. The molecule has 0 heterocycles. The number of carbonyl (C=O) groups is 3. The van der Waals surface area contributed by atoms with E-state index in [4.69, 9.17) is 4.74 Å². The minimum atomic E-state index is -0.494. The highest BCUT2D eigenvalue weighted by Crippen LogP contribution is 2.37. The third-order valence-electron chi connectivity index (χ3n) is 5.30. The molecular formula is C26H22N2O5. The molecule has 3 aromatic rings. The number of phenolic OH excluding ortho intramolecular Hbond substituents is 1. The summed E-state index contributed by atoms with van der Waals surface area (Å²) in [6, 6.07) is 17.0. The van der Waals surface area contributed by atoms with E-state index < -0.39 is 6.09 Å². The summed E-state index contributed by atoms with van der Waals surface area (Å²) in [6.07, 6.45) is 1.62. The van der Waals surface area contributed by atoms with Crippen LogP contribution in [-0.4, -0.2) is 35.9 Å². The first-order valence-corrected chi connectivity index (χ1v) is 10.4. The molecule has 3 N–H and O–H groups in total. The van der Waals surface area contributed by atoms with Crippen LogP contribution in [0.1, 0.15) is 37.4 Å². The zero-order chi connectivity index (χ0) is 23.4. The lowest BCUT2D eigenvalue weighted by Crippen LogP contribution is -2.24. The van der Waals surface area contributed by atoms with Crippen LogP contribution < -0.4 is 10.6 Å². The van der Waals surface area contributed by atoms with Gasteiger partial charge in [0.05, 0.1) is 23.4 Å². The van der Waals surface area contributed by atoms with E-state index in [1.54, 1.807) is 36.4 Å². The lowest BCUT2D eigenvalue weighted by molar-refractivity contribution is 0.0977. The van der Waals surface area contributed by atoms with Gasteiger partial charge in [0.1, 0.15) is 5.75 Å². The van der Waals surface area contributed by atoms with Crippen molar-refractivity contribution < 1.29 is 24.2 Å². The van der Waals surface area contributed by atoms with E-state index in [2.05, 4.69) is 17.2 Å². The molecule has 3 aromatic carbocycles. The van der Waals surface area contributed by atoms with Crippen molar-refractivity contribution in [3.05, 3.63) is 101 Å². The number of benzene rings is 3. The third kappa shape index (κ3) is 4.48. The van der Waals surface area contributed by atoms with Crippen LogP contribution in [0.5, 0.6) is 5.75 Å². The zero-order valence-corrected chi connectivity index (χ0v) is 17.8. The fourth-order valence-corrected chi connectivity index (χ4v) is 3.69. The maximum absolute atomic E-state index is 13.2. The van der Waals surface area contributed by atoms with Crippen LogP contribution in [0.2, 0.25) is 0 Å². The third-order valence-corrected chi connectivity index (χ3v) is 5.30. The van der Waals surface area contributed by atoms with Gasteiger partial charge in [0.25, 0.3) is 0 Å². The molecule has 33 heavy (non-hydrogen) atoms. The Balaban J connectivity index is 1.50. The molecule has 0 saturated carbocycles. The van der Waals surface area contributed by atoms with Crippen LogP contribution >= 0.6 is 0 Å². The number of ether oxygens (including phenoxy) is 1. The summed E-state index contributed by atoms with van der Waals surface area (Å²) in [4.78, 5) is 37.6. The van der Waals surface area contributed by atoms with Crippen LogP contribution in [-0.2, 0) is 11.2 Å². The Kier molecular flexibility index (Phi) is 6.22. The molecule has 0 fully saturated rings. The first-order chi connectivity index (χ1) is 16.0. The summed E-state index contributed by atoms with van der Waals surface area (Å²) in [6.45, 7) is 4.10. The summed E-state index contributed by atoms with van der Waals surface area (Å²) in [5, 5.41) is 16.0. The van der Waals surface area contributed by atoms with Crippen molar-refractivity contribution in [1.82, 2.24) is 5.32 Å². The molecule has 1 aliphatic rings. The largest absolute Gasteiger partial charge is 0.507 e. The predicted molar refractivity (Wildman–Crippen MR) is 124 cm³/mol. The van der Waals surface area contributed by atoms with Gasteiger partial charge in [-0.3, -0.25) is 9.59 Å². The van der Waals surface area contributed by atoms with Crippen LogP contribution in [0.15, 0.2) is 73.3 Å². The number of aromatic hydroxyl groups is 1. The van der Waals surface area contributed by atoms with E-state index >= 15 is 0 Å². The van der Waals surface area contributed by atoms with Crippen molar-refractivity contribution >= 4 is 29.0 Å². The Morgan fingerprint density at radius 2 is 1.61 bits per heavy atom. The highest BCUT2D eigenvalue weighted by atomic mass is 16.5. The summed E-state index contributed by atoms with van der Waals surface area (Å²) in [5.74, 6) is -0.924. The van der Waals surface area contributed by atoms with Gasteiger partial charge < -0.3 is 20.5 Å². The lowest BCUT2D eigenvalue weighted by Gasteiger charge is -2.21. The summed E-state index contributed by atoms with van der Waals surface area (Å²) in [7, 11) is 0. The van der Waals surface area contributed by atoms with Crippen molar-refractivity contribution in [2.45, 2.75) is 6.42 Å². The number of fused-ring (bicyclic) bond motifs is 2. The predicted octanol–water partition coefficient (Wildman–Crippen LogP) is 4.37. The number of phenols is 1. The quantitative estimate of drug-likeness (QED) is 0.290. The van der Waals surface area contributed by atoms with Gasteiger partial charge in [-0.25, -0.2) is 4.79 Å². The number of anilines is 2. The standard InChI is InChI=1S/C26H22N2O5/c1-2-14-27-26(32)33-15-13-16-7-9-17(10-8-16)28-20-11-12-21(29)23-22(20)24(30)18-5-3-4-6-19(18)25(23)31/h2-12,28-29H,1,13-15H2,(H,27,32). The molecule has 0 bridgehead atoms. The molecule has 0 unspecified atom stereocenters. The Morgan fingerprint density at radius 1 is 0.939 bits per heavy atom. The second-order valence-corrected chi connectivity index (χ2v) is 7.46. The molecule has 0 spiro atoms. The monoisotopic (exact) mass is 442 g/mol. The number of ketones is 2. The highest BCUT2D eigenvalue weighted by molar-refractivity contribution is 6.31. The van der Waals surface area contributed by atoms with E-state index in [0.717, 1.165) is 5.56 Å². The average Bonchev–Trinajstić information content (AvgIpc) is 2.83. The molecule has 0 radical (unpaired) electrons. The molecule has 166 valence electrons. The second kappa shape index (κ2) is 9.40. The molecule has 7 nitrogen and oxygen atoms in total. The summed E-state index contributed by atoms with van der Waals surface area (Å²) >= 11 is 0. The average molecular weight is 442 g/mol. The minimum Gasteiger partial charge on any atom is -0.507 e. The van der Waals surface area contributed by atoms with Crippen molar-refractivity contribution in [3.8, 4) is 5.75 Å². The van der Waals surface area contributed by atoms with Crippen molar-refractivity contribution in [2.24, 2.45) is 0 Å². The molecule has 4 rings (SSSR count). The Morgan fingerprint density at radius 3 is 2.27 bits per heavy atom. The van der Waals surface area contributed by atoms with Crippen LogP contribution in [0, 0.1) is 0 Å². The van der Waals surface area contributed by atoms with E-state index in [9.17, 15) is 19.5 Å². The molecule has 1 aliphatic carbocycles. The van der Waals surface area contributed by atoms with Gasteiger partial charge in [-0.05, 0) is 29.8 Å². The smallest absolute Gasteiger partial charge is 0.407 e. The van der Waals surface area contributed by atoms with E-state index in [1.165, 1.54) is 6.07 Å². The van der Waals surface area contributed by atoms with Crippen molar-refractivity contribution in [3.63, 3.8) is 0 Å². The zero-order valence-electron chi connectivity index (χ0n) is 17.8. The second-order valence-electron chi connectivity index (χ2n) is 7.46. The topological polar surface area (TPSA) is 105 Å². The molecule has 0 aliphatic heterocycles. The molecule has 0 atom stereocenters. The Hall–Kier alpha value is -4.39. The van der Waals surface area contributed by atoms with Crippen LogP contribution in [0.3, 0.4) is 0 Å². The normalized spacial score (nSPS) is 11.9. The first kappa shape index (κ1) is 21.8. The number of hydrogen-bond donors (Lipinski definition) is 3. The molecule has 7 heteroatoms. The minimum absolute atomic E-state index is 0.00667. The SMILES string of the molecule is C=CCNC(=O)OCCc1ccc(Nc2ccc(O)c3c2C(=O)c2ccccc2C3=O)cc1. The van der Waals surface area contributed by atoms with Crippen LogP contribution in [0.25, 0.3) is 0 Å². The maximum atomic E-state index is 13.2. The van der Waals surface area contributed by atoms with Gasteiger partial charge in [-0.2, -0.15) is 0 Å². The van der Waals surface area contributed by atoms with Gasteiger partial charge in [-0.1, -0.05) is 42.5 Å². The van der Waals surface area contributed by atoms with Gasteiger partial charge in [-0.15, -0.1) is 6.58 Å². The number of nitrogens with one attached hydrogen (secondary N) is 2. The Labute approximate surface area is 190 Å². The molecule has 0 saturated heterocycles. The molecule has 1 amide bonds. The van der Waals surface area contributed by atoms with Gasteiger partial charge in [0.15, 0.2) is 11.6 Å². The number of amides is 1. The van der Waals surface area contributed by atoms with E-state index in [-0.39, 0.29) is 40.6 Å². The number of rotatable bonds is 7. The van der Waals surface area contributed by atoms with E-state index in [1.807, 2.05) is 24.3 Å². The van der Waals surface area contributed by atoms with Crippen molar-refractivity contribution in [2.75, 3.05) is 18.5 Å². The van der Waals surface area contributed by atoms with Gasteiger partial charge >= 0.3 is 6.09 Å². The summed E-state index contributed by atoms with van der Waals surface area (Å²) in [5.41, 5.74) is 2.86. The van der Waals surface area contributed by atoms with Crippen molar-refractivity contribution in [1.29, 1.82) is 0 Å². The first-order valence-electron chi connectivity index (χ1n) is 10.4. The molecule has 0 aromatic heterocycles. The highest BCUT2D eigenvalue weighted by Gasteiger charge is 2.33. The fourth-order valence-electron chi connectivity index (χ4n) is 3.69. The van der Waals surface area contributed by atoms with Crippen LogP contribution in [0.4, 0.5) is 16.2 Å². The van der Waals surface area contributed by atoms with Gasteiger partial charge in [0, 0.05) is 29.8 Å². The number of carbonyl (C=O) groups excluding carboxylic acids is 3. The number of alkyl carbamates (subject to hydrolysis) is 1. The lowest BCUT2D eigenvalue weighted by atomic mass is 9.82. The Bertz CT molecular complexity index is 1250. The van der Waals surface area contributed by atoms with E-state index in [0.29, 0.717) is 29.9 Å². The fraction of sp³-hybridized carbons (Fsp3) is 0.115. The van der Waals surface area contributed by atoms with Gasteiger partial charge in [0.2, 0.25) is 0 Å². The molecular weight excluding hydrogens is 420 g/mol. The summed E-state index contributed by atoms with van der Waals surface area (Å²) < 4.78 is 5.09. The maximum Gasteiger partial charge on any atom is 0.407 e.